The van der Waals surface area contributed by atoms with Gasteiger partial charge in [0.2, 0.25) is 17.5 Å². The van der Waals surface area contributed by atoms with E-state index in [1.54, 1.807) is 0 Å². The van der Waals surface area contributed by atoms with E-state index in [0.717, 1.165) is 0 Å². The zero-order valence-electron chi connectivity index (χ0n) is 10.8. The van der Waals surface area contributed by atoms with E-state index >= 15 is 0 Å². The van der Waals surface area contributed by atoms with Crippen molar-refractivity contribution >= 4 is 0 Å². The van der Waals surface area contributed by atoms with Gasteiger partial charge in [-0.3, -0.25) is 0 Å². The number of rotatable bonds is 2. The molecule has 2 aromatic rings. The largest absolute Gasteiger partial charge is 0.491 e. The van der Waals surface area contributed by atoms with E-state index < -0.39 is 69.2 Å². The van der Waals surface area contributed by atoms with Gasteiger partial charge < -0.3 is 4.74 Å². The van der Waals surface area contributed by atoms with Crippen molar-refractivity contribution in [2.75, 3.05) is 7.11 Å². The lowest BCUT2D eigenvalue weighted by molar-refractivity contribution is 0.333. The Kier molecular flexibility index (Phi) is 4.18. The number of benzene rings is 2. The van der Waals surface area contributed by atoms with Crippen LogP contribution in [0.2, 0.25) is 0 Å². The fourth-order valence-corrected chi connectivity index (χ4v) is 1.83. The third kappa shape index (κ3) is 2.28. The van der Waals surface area contributed by atoms with Crippen LogP contribution in [0.4, 0.5) is 39.5 Å². The van der Waals surface area contributed by atoms with Gasteiger partial charge in [-0.05, 0) is 0 Å². The summed E-state index contributed by atoms with van der Waals surface area (Å²) < 4.78 is 125. The van der Waals surface area contributed by atoms with Crippen molar-refractivity contribution in [1.29, 1.82) is 0 Å². The molecule has 23 heavy (non-hydrogen) atoms. The Morgan fingerprint density at radius 2 is 0.696 bits per heavy atom. The van der Waals surface area contributed by atoms with Crippen molar-refractivity contribution in [3.8, 4) is 16.9 Å². The highest BCUT2D eigenvalue weighted by atomic mass is 19.2. The predicted molar refractivity (Wildman–Crippen MR) is 58.1 cm³/mol. The molecule has 0 bridgehead atoms. The van der Waals surface area contributed by atoms with E-state index in [4.69, 9.17) is 0 Å². The fourth-order valence-electron chi connectivity index (χ4n) is 1.83. The maximum Gasteiger partial charge on any atom is 0.204 e. The topological polar surface area (TPSA) is 9.23 Å². The molecule has 0 N–H and O–H groups in total. The van der Waals surface area contributed by atoms with E-state index in [1.807, 2.05) is 0 Å². The van der Waals surface area contributed by atoms with Crippen LogP contribution in [-0.2, 0) is 0 Å². The number of methoxy groups -OCH3 is 1. The molecule has 2 aromatic carbocycles. The third-order valence-electron chi connectivity index (χ3n) is 2.89. The van der Waals surface area contributed by atoms with Gasteiger partial charge in [-0.2, -0.15) is 8.78 Å². The smallest absolute Gasteiger partial charge is 0.204 e. The van der Waals surface area contributed by atoms with Crippen LogP contribution in [0.25, 0.3) is 11.1 Å². The van der Waals surface area contributed by atoms with E-state index in [2.05, 4.69) is 4.74 Å². The number of ether oxygens (including phenoxy) is 1. The third-order valence-corrected chi connectivity index (χ3v) is 2.89. The molecule has 0 amide bonds. The minimum atomic E-state index is -2.62. The minimum Gasteiger partial charge on any atom is -0.491 e. The van der Waals surface area contributed by atoms with Crippen LogP contribution in [0, 0.1) is 52.4 Å². The summed E-state index contributed by atoms with van der Waals surface area (Å²) in [5.74, 6) is -23.7. The highest BCUT2D eigenvalue weighted by molar-refractivity contribution is 5.68. The summed E-state index contributed by atoms with van der Waals surface area (Å²) in [6.07, 6.45) is 0. The molecule has 0 fully saturated rings. The van der Waals surface area contributed by atoms with E-state index in [-0.39, 0.29) is 0 Å². The van der Waals surface area contributed by atoms with Crippen molar-refractivity contribution in [2.24, 2.45) is 0 Å². The molecular weight excluding hydrogens is 343 g/mol. The fraction of sp³-hybridized carbons (Fsp3) is 0.0769. The molecule has 0 heterocycles. The molecule has 0 saturated heterocycles. The average molecular weight is 346 g/mol. The van der Waals surface area contributed by atoms with Crippen LogP contribution < -0.4 is 4.74 Å². The Labute approximate surface area is 121 Å². The summed E-state index contributed by atoms with van der Waals surface area (Å²) in [4.78, 5) is 0. The second-order valence-electron chi connectivity index (χ2n) is 4.11. The SMILES string of the molecule is COc1c(F)c(F)c(-c2c(F)c(F)c(F)c(F)c2F)c(F)c1F. The van der Waals surface area contributed by atoms with Crippen LogP contribution >= 0.6 is 0 Å². The van der Waals surface area contributed by atoms with Gasteiger partial charge in [0, 0.05) is 0 Å². The van der Waals surface area contributed by atoms with E-state index in [0.29, 0.717) is 7.11 Å². The summed E-state index contributed by atoms with van der Waals surface area (Å²) in [5, 5.41) is 0. The van der Waals surface area contributed by atoms with Gasteiger partial charge in [-0.15, -0.1) is 0 Å². The first-order valence-electron chi connectivity index (χ1n) is 5.56. The molecule has 0 aliphatic rings. The first-order valence-corrected chi connectivity index (χ1v) is 5.56. The quantitative estimate of drug-likeness (QED) is 0.438. The lowest BCUT2D eigenvalue weighted by Crippen LogP contribution is -2.09. The first kappa shape index (κ1) is 17.0. The van der Waals surface area contributed by atoms with Gasteiger partial charge in [0.25, 0.3) is 0 Å². The second kappa shape index (κ2) is 5.67. The molecule has 0 atom stereocenters. The van der Waals surface area contributed by atoms with Crippen LogP contribution in [-0.4, -0.2) is 7.11 Å². The molecule has 0 aliphatic carbocycles. The summed E-state index contributed by atoms with van der Waals surface area (Å²) in [7, 11) is 0.637. The van der Waals surface area contributed by atoms with E-state index in [1.165, 1.54) is 0 Å². The molecule has 0 saturated carbocycles. The molecule has 0 unspecified atom stereocenters. The standard InChI is InChI=1S/C13H3F9O/c1-23-13-11(21)6(16)3(7(17)12(13)22)2-4(14)8(18)10(20)9(19)5(2)15/h1H3. The number of hydrogen-bond donors (Lipinski definition) is 0. The summed E-state index contributed by atoms with van der Waals surface area (Å²) in [6, 6.07) is 0. The molecule has 0 aromatic heterocycles. The predicted octanol–water partition coefficient (Wildman–Crippen LogP) is 4.61. The Hall–Kier alpha value is -2.39. The maximum absolute atomic E-state index is 13.8. The van der Waals surface area contributed by atoms with Crippen LogP contribution in [0.1, 0.15) is 0 Å². The Morgan fingerprint density at radius 1 is 0.435 bits per heavy atom. The minimum absolute atomic E-state index is 0.637. The highest BCUT2D eigenvalue weighted by Crippen LogP contribution is 2.39. The normalized spacial score (nSPS) is 11.0. The van der Waals surface area contributed by atoms with Gasteiger partial charge in [0.05, 0.1) is 18.2 Å². The molecule has 10 heteroatoms. The van der Waals surface area contributed by atoms with Crippen LogP contribution in [0.3, 0.4) is 0 Å². The average Bonchev–Trinajstić information content (AvgIpc) is 2.53. The van der Waals surface area contributed by atoms with Gasteiger partial charge in [0.15, 0.2) is 40.7 Å². The Bertz CT molecular complexity index is 758. The van der Waals surface area contributed by atoms with Gasteiger partial charge in [-0.25, -0.2) is 30.7 Å². The Balaban J connectivity index is 3.01. The summed E-state index contributed by atoms with van der Waals surface area (Å²) >= 11 is 0. The van der Waals surface area contributed by atoms with Crippen molar-refractivity contribution in [3.05, 3.63) is 52.4 Å². The van der Waals surface area contributed by atoms with Gasteiger partial charge in [0.1, 0.15) is 0 Å². The zero-order chi connectivity index (χ0) is 17.6. The molecule has 1 nitrogen and oxygen atoms in total. The van der Waals surface area contributed by atoms with Gasteiger partial charge in [-0.1, -0.05) is 0 Å². The zero-order valence-corrected chi connectivity index (χ0v) is 10.8. The highest BCUT2D eigenvalue weighted by Gasteiger charge is 2.34. The number of hydrogen-bond acceptors (Lipinski definition) is 1. The number of halogens is 9. The van der Waals surface area contributed by atoms with Crippen molar-refractivity contribution in [1.82, 2.24) is 0 Å². The van der Waals surface area contributed by atoms with Gasteiger partial charge >= 0.3 is 0 Å². The summed E-state index contributed by atoms with van der Waals surface area (Å²) in [6.45, 7) is 0. The molecule has 124 valence electrons. The van der Waals surface area contributed by atoms with Crippen LogP contribution in [0.5, 0.6) is 5.75 Å². The van der Waals surface area contributed by atoms with Crippen molar-refractivity contribution in [2.45, 2.75) is 0 Å². The molecule has 2 rings (SSSR count). The lowest BCUT2D eigenvalue weighted by atomic mass is 10.0. The molecular formula is C13H3F9O. The maximum atomic E-state index is 13.8. The Morgan fingerprint density at radius 3 is 1.00 bits per heavy atom. The van der Waals surface area contributed by atoms with Crippen molar-refractivity contribution in [3.63, 3.8) is 0 Å². The van der Waals surface area contributed by atoms with E-state index in [9.17, 15) is 39.5 Å². The van der Waals surface area contributed by atoms with Crippen LogP contribution in [0.15, 0.2) is 0 Å². The molecule has 0 spiro atoms. The molecule has 0 radical (unpaired) electrons. The summed E-state index contributed by atoms with van der Waals surface area (Å²) in [5.41, 5.74) is -4.23. The first-order chi connectivity index (χ1) is 10.6. The lowest BCUT2D eigenvalue weighted by Gasteiger charge is -2.13. The molecule has 0 aliphatic heterocycles. The second-order valence-corrected chi connectivity index (χ2v) is 4.11. The van der Waals surface area contributed by atoms with Crippen molar-refractivity contribution < 1.29 is 44.3 Å². The monoisotopic (exact) mass is 346 g/mol.